The van der Waals surface area contributed by atoms with Crippen molar-refractivity contribution in [2.45, 2.75) is 44.2 Å². The first-order chi connectivity index (χ1) is 19.1. The van der Waals surface area contributed by atoms with Crippen LogP contribution in [0, 0.1) is 5.41 Å². The highest BCUT2D eigenvalue weighted by atomic mass is 16.2. The number of benzene rings is 2. The average molecular weight is 523 g/mol. The lowest BCUT2D eigenvalue weighted by Gasteiger charge is -2.33. The molecule has 4 aromatic rings. The number of aromatic nitrogens is 3. The van der Waals surface area contributed by atoms with Gasteiger partial charge in [-0.05, 0) is 55.5 Å². The van der Waals surface area contributed by atoms with Gasteiger partial charge in [-0.25, -0.2) is 4.99 Å². The van der Waals surface area contributed by atoms with Crippen LogP contribution in [0.1, 0.15) is 48.6 Å². The number of aromatic amines is 1. The Bertz CT molecular complexity index is 1500. The van der Waals surface area contributed by atoms with Gasteiger partial charge >= 0.3 is 0 Å². The number of hydrogen-bond acceptors (Lipinski definition) is 4. The second-order valence-corrected chi connectivity index (χ2v) is 10.5. The van der Waals surface area contributed by atoms with Crippen molar-refractivity contribution in [2.24, 2.45) is 10.7 Å². The van der Waals surface area contributed by atoms with Gasteiger partial charge in [-0.2, -0.15) is 5.10 Å². The van der Waals surface area contributed by atoms with Crippen LogP contribution in [0.3, 0.4) is 0 Å². The van der Waals surface area contributed by atoms with E-state index in [0.29, 0.717) is 18.2 Å². The predicted octanol–water partition coefficient (Wildman–Crippen LogP) is 3.85. The number of H-pyrrole nitrogens is 1. The summed E-state index contributed by atoms with van der Waals surface area (Å²) in [4.78, 5) is 22.4. The highest BCUT2D eigenvalue weighted by Crippen LogP contribution is 2.34. The third kappa shape index (κ3) is 5.22. The maximum atomic E-state index is 12.9. The van der Waals surface area contributed by atoms with E-state index >= 15 is 0 Å². The highest BCUT2D eigenvalue weighted by Gasteiger charge is 2.31. The topological polar surface area (TPSA) is 128 Å². The Balaban J connectivity index is 1.25. The molecule has 0 bridgehead atoms. The number of likely N-dealkylation sites (tertiary alicyclic amines) is 1. The third-order valence-corrected chi connectivity index (χ3v) is 7.96. The number of nitrogens with one attached hydrogen (secondary N) is 3. The van der Waals surface area contributed by atoms with E-state index in [-0.39, 0.29) is 17.8 Å². The molecule has 9 nitrogen and oxygen atoms in total. The Hall–Kier alpha value is -4.24. The van der Waals surface area contributed by atoms with Crippen LogP contribution in [0.25, 0.3) is 22.0 Å². The summed E-state index contributed by atoms with van der Waals surface area (Å²) in [5.74, 6) is 0.807. The number of amidine groups is 1. The molecule has 39 heavy (non-hydrogen) atoms. The summed E-state index contributed by atoms with van der Waals surface area (Å²) in [6.07, 6.45) is 6.82. The van der Waals surface area contributed by atoms with E-state index < -0.39 is 0 Å². The molecule has 9 heteroatoms. The van der Waals surface area contributed by atoms with Crippen molar-refractivity contribution in [1.82, 2.24) is 25.0 Å². The Morgan fingerprint density at radius 2 is 1.95 bits per heavy atom. The number of carbonyl (C=O) groups is 1. The summed E-state index contributed by atoms with van der Waals surface area (Å²) in [5, 5.41) is 16.7. The largest absolute Gasteiger partial charge is 0.382 e. The molecule has 1 amide bonds. The molecular weight excluding hydrogens is 488 g/mol. The van der Waals surface area contributed by atoms with Crippen LogP contribution in [-0.2, 0) is 11.3 Å². The van der Waals surface area contributed by atoms with Gasteiger partial charge in [0.1, 0.15) is 12.2 Å². The van der Waals surface area contributed by atoms with Gasteiger partial charge in [-0.1, -0.05) is 42.5 Å². The number of fused-ring (bicyclic) bond motifs is 1. The second kappa shape index (κ2) is 10.9. The van der Waals surface area contributed by atoms with Gasteiger partial charge in [0.25, 0.3) is 0 Å². The molecule has 2 aromatic heterocycles. The molecule has 2 aliphatic heterocycles. The molecule has 6 rings (SSSR count). The Kier molecular flexibility index (Phi) is 6.98. The molecule has 1 atom stereocenters. The monoisotopic (exact) mass is 522 g/mol. The van der Waals surface area contributed by atoms with E-state index in [0.717, 1.165) is 79.4 Å². The predicted molar refractivity (Wildman–Crippen MR) is 154 cm³/mol. The standard InChI is InChI=1S/C30H34N8O/c31-19-34-29(32)28-24(16-26(35-28)21-10-13-37(14-11-21)30(39)25-7-4-12-33-25)22-8-9-23-18-38(36-27(23)15-22)17-20-5-2-1-3-6-20/h1-3,5-6,8-9,15-16,18-19,21,25,33,35H,4,7,10-14,17H2,(H3,31,32,34)/t25-/m0/s1. The minimum atomic E-state index is -0.0199. The van der Waals surface area contributed by atoms with Crippen molar-refractivity contribution in [3.8, 4) is 11.1 Å². The molecule has 2 aromatic carbocycles. The lowest BCUT2D eigenvalue weighted by molar-refractivity contribution is -0.134. The number of aliphatic imine (C=N–C) groups is 1. The summed E-state index contributed by atoms with van der Waals surface area (Å²) in [5.41, 5.74) is 12.2. The molecule has 0 radical (unpaired) electrons. The SMILES string of the molecule is N=CN=C(N)c1[nH]c(C2CCN(C(=O)[C@@H]3CCCN3)CC2)cc1-c1ccc2cn(Cc3ccccc3)nc2c1. The number of amides is 1. The van der Waals surface area contributed by atoms with Crippen LogP contribution < -0.4 is 11.1 Å². The molecule has 0 spiro atoms. The van der Waals surface area contributed by atoms with Crippen molar-refractivity contribution in [1.29, 1.82) is 5.41 Å². The minimum absolute atomic E-state index is 0.0199. The van der Waals surface area contributed by atoms with E-state index in [9.17, 15) is 4.79 Å². The summed E-state index contributed by atoms with van der Waals surface area (Å²) in [6, 6.07) is 18.7. The Labute approximate surface area is 227 Å². The lowest BCUT2D eigenvalue weighted by Crippen LogP contribution is -2.46. The maximum Gasteiger partial charge on any atom is 0.239 e. The number of rotatable bonds is 7. The van der Waals surface area contributed by atoms with Gasteiger partial charge in [0.05, 0.1) is 23.8 Å². The molecule has 0 unspecified atom stereocenters. The summed E-state index contributed by atoms with van der Waals surface area (Å²) >= 11 is 0. The van der Waals surface area contributed by atoms with Gasteiger partial charge < -0.3 is 20.9 Å². The summed E-state index contributed by atoms with van der Waals surface area (Å²) in [7, 11) is 0. The van der Waals surface area contributed by atoms with Crippen molar-refractivity contribution in [3.05, 3.63) is 77.7 Å². The van der Waals surface area contributed by atoms with Crippen molar-refractivity contribution in [3.63, 3.8) is 0 Å². The molecule has 200 valence electrons. The van der Waals surface area contributed by atoms with Crippen molar-refractivity contribution in [2.75, 3.05) is 19.6 Å². The van der Waals surface area contributed by atoms with Gasteiger partial charge in [0.15, 0.2) is 0 Å². The smallest absolute Gasteiger partial charge is 0.239 e. The second-order valence-electron chi connectivity index (χ2n) is 10.5. The highest BCUT2D eigenvalue weighted by molar-refractivity contribution is 6.05. The molecule has 0 aliphatic carbocycles. The Morgan fingerprint density at radius 3 is 2.69 bits per heavy atom. The van der Waals surface area contributed by atoms with Crippen LogP contribution in [-0.4, -0.2) is 63.4 Å². The minimum Gasteiger partial charge on any atom is -0.382 e. The molecule has 4 heterocycles. The molecule has 5 N–H and O–H groups in total. The quantitative estimate of drug-likeness (QED) is 0.217. The zero-order valence-electron chi connectivity index (χ0n) is 21.9. The lowest BCUT2D eigenvalue weighted by atomic mass is 9.92. The fraction of sp³-hybridized carbons (Fsp3) is 0.333. The molecule has 2 saturated heterocycles. The fourth-order valence-corrected chi connectivity index (χ4v) is 5.87. The number of carbonyl (C=O) groups excluding carboxylic acids is 1. The van der Waals surface area contributed by atoms with E-state index in [1.54, 1.807) is 0 Å². The Morgan fingerprint density at radius 1 is 1.13 bits per heavy atom. The first-order valence-electron chi connectivity index (χ1n) is 13.7. The van der Waals surface area contributed by atoms with Crippen molar-refractivity contribution >= 4 is 29.0 Å². The van der Waals surface area contributed by atoms with Crippen LogP contribution in [0.15, 0.2) is 65.8 Å². The zero-order chi connectivity index (χ0) is 26.8. The van der Waals surface area contributed by atoms with Crippen molar-refractivity contribution < 1.29 is 4.79 Å². The van der Waals surface area contributed by atoms with Gasteiger partial charge in [-0.15, -0.1) is 0 Å². The number of nitrogens with two attached hydrogens (primary N) is 1. The molecular formula is C30H34N8O. The molecule has 2 aliphatic rings. The number of hydrogen-bond donors (Lipinski definition) is 4. The zero-order valence-corrected chi connectivity index (χ0v) is 21.9. The van der Waals surface area contributed by atoms with Gasteiger partial charge in [-0.3, -0.25) is 14.9 Å². The summed E-state index contributed by atoms with van der Waals surface area (Å²) in [6.45, 7) is 3.14. The average Bonchev–Trinajstić information content (AvgIpc) is 3.73. The maximum absolute atomic E-state index is 12.9. The van der Waals surface area contributed by atoms with Gasteiger partial charge in [0.2, 0.25) is 5.91 Å². The number of nitrogens with zero attached hydrogens (tertiary/aromatic N) is 4. The van der Waals surface area contributed by atoms with Gasteiger partial charge in [0, 0.05) is 41.8 Å². The normalized spacial score (nSPS) is 18.6. The summed E-state index contributed by atoms with van der Waals surface area (Å²) < 4.78 is 1.97. The van der Waals surface area contributed by atoms with Crippen LogP contribution in [0.2, 0.25) is 0 Å². The molecule has 2 fully saturated rings. The third-order valence-electron chi connectivity index (χ3n) is 7.96. The van der Waals surface area contributed by atoms with E-state index in [2.05, 4.69) is 57.9 Å². The van der Waals surface area contributed by atoms with E-state index in [1.165, 1.54) is 5.56 Å². The fourth-order valence-electron chi connectivity index (χ4n) is 5.87. The number of piperidine rings is 1. The van der Waals surface area contributed by atoms with E-state index in [1.807, 2.05) is 27.8 Å². The van der Waals surface area contributed by atoms with Crippen LogP contribution in [0.4, 0.5) is 0 Å². The first kappa shape index (κ1) is 25.1. The first-order valence-corrected chi connectivity index (χ1v) is 13.7. The molecule has 0 saturated carbocycles. The van der Waals surface area contributed by atoms with Crippen LogP contribution in [0.5, 0.6) is 0 Å². The van der Waals surface area contributed by atoms with Crippen LogP contribution >= 0.6 is 0 Å². The van der Waals surface area contributed by atoms with E-state index in [4.69, 9.17) is 16.2 Å².